The first-order valence-electron chi connectivity index (χ1n) is 6.27. The van der Waals surface area contributed by atoms with Crippen molar-refractivity contribution in [1.29, 1.82) is 0 Å². The molecule has 0 spiro atoms. The van der Waals surface area contributed by atoms with Crippen molar-refractivity contribution in [1.82, 2.24) is 4.90 Å². The molecule has 2 rings (SSSR count). The second kappa shape index (κ2) is 6.81. The molecule has 1 fully saturated rings. The third-order valence-electron chi connectivity index (χ3n) is 3.38. The van der Waals surface area contributed by atoms with Crippen LogP contribution in [0, 0.1) is 0 Å². The van der Waals surface area contributed by atoms with Crippen LogP contribution in [0.2, 0.25) is 0 Å². The predicted molar refractivity (Wildman–Crippen MR) is 83.6 cm³/mol. The van der Waals surface area contributed by atoms with Gasteiger partial charge in [0.15, 0.2) is 5.72 Å². The summed E-state index contributed by atoms with van der Waals surface area (Å²) in [5.41, 5.74) is 0.443. The van der Waals surface area contributed by atoms with E-state index in [4.69, 9.17) is 21.7 Å². The molecule has 1 atom stereocenters. The van der Waals surface area contributed by atoms with E-state index >= 15 is 0 Å². The molecule has 1 heterocycles. The van der Waals surface area contributed by atoms with Crippen LogP contribution in [-0.2, 0) is 15.2 Å². The monoisotopic (exact) mass is 297 g/mol. The van der Waals surface area contributed by atoms with Gasteiger partial charge in [-0.1, -0.05) is 42.5 Å². The van der Waals surface area contributed by atoms with E-state index in [2.05, 4.69) is 17.0 Å². The maximum Gasteiger partial charge on any atom is 0.189 e. The topological polar surface area (TPSA) is 21.7 Å². The molecule has 1 unspecified atom stereocenters. The van der Waals surface area contributed by atoms with Crippen molar-refractivity contribution in [2.45, 2.75) is 5.72 Å². The number of thioether (sulfide) groups is 1. The van der Waals surface area contributed by atoms with Crippen LogP contribution in [0.1, 0.15) is 5.56 Å². The van der Waals surface area contributed by atoms with Gasteiger partial charge < -0.3 is 9.47 Å². The van der Waals surface area contributed by atoms with Crippen molar-refractivity contribution in [2.24, 2.45) is 0 Å². The summed E-state index contributed by atoms with van der Waals surface area (Å²) in [4.78, 5) is 2.27. The number of nitrogens with zero attached hydrogens (tertiary/aromatic N) is 1. The second-order valence-electron chi connectivity index (χ2n) is 4.31. The van der Waals surface area contributed by atoms with Crippen LogP contribution in [0.15, 0.2) is 30.3 Å². The maximum atomic E-state index is 5.92. The van der Waals surface area contributed by atoms with Crippen LogP contribution in [0.5, 0.6) is 0 Å². The highest BCUT2D eigenvalue weighted by Crippen LogP contribution is 2.35. The minimum absolute atomic E-state index is 0.639. The third kappa shape index (κ3) is 2.85. The molecule has 0 radical (unpaired) electrons. The van der Waals surface area contributed by atoms with Crippen molar-refractivity contribution in [3.63, 3.8) is 0 Å². The van der Waals surface area contributed by atoms with E-state index in [1.165, 1.54) is 0 Å². The zero-order chi connectivity index (χ0) is 13.7. The summed E-state index contributed by atoms with van der Waals surface area (Å²) in [6.45, 7) is 3.08. The van der Waals surface area contributed by atoms with Gasteiger partial charge in [-0.3, -0.25) is 4.90 Å². The number of morpholine rings is 1. The molecule has 0 saturated carbocycles. The number of methoxy groups -OCH3 is 1. The molecule has 1 aliphatic rings. The average Bonchev–Trinajstić information content (AvgIpc) is 2.50. The van der Waals surface area contributed by atoms with E-state index in [0.717, 1.165) is 36.1 Å². The first-order chi connectivity index (χ1) is 9.25. The lowest BCUT2D eigenvalue weighted by molar-refractivity contribution is -0.119. The standard InChI is InChI=1S/C14H19NO2S2/c1-16-14(13(18)19-2,12-6-4-3-5-7-12)15-8-10-17-11-9-15/h3-7H,8-11H2,1-2H3. The molecular formula is C14H19NO2S2. The van der Waals surface area contributed by atoms with Crippen molar-refractivity contribution in [3.05, 3.63) is 35.9 Å². The highest BCUT2D eigenvalue weighted by molar-refractivity contribution is 8.22. The number of benzene rings is 1. The predicted octanol–water partition coefficient (Wildman–Crippen LogP) is 2.51. The number of ether oxygens (including phenoxy) is 2. The Morgan fingerprint density at radius 3 is 2.47 bits per heavy atom. The Kier molecular flexibility index (Phi) is 5.36. The molecule has 0 aromatic heterocycles. The molecule has 5 heteroatoms. The van der Waals surface area contributed by atoms with Gasteiger partial charge >= 0.3 is 0 Å². The molecule has 0 bridgehead atoms. The number of thiocarbonyl (C=S) groups is 1. The number of rotatable bonds is 4. The molecule has 1 aromatic rings. The fourth-order valence-corrected chi connectivity index (χ4v) is 3.38. The summed E-state index contributed by atoms with van der Waals surface area (Å²) in [6, 6.07) is 10.2. The summed E-state index contributed by atoms with van der Waals surface area (Å²) >= 11 is 7.18. The van der Waals surface area contributed by atoms with Gasteiger partial charge in [-0.2, -0.15) is 0 Å². The molecule has 1 aliphatic heterocycles. The lowest BCUT2D eigenvalue weighted by atomic mass is 10.0. The van der Waals surface area contributed by atoms with Gasteiger partial charge in [-0.15, -0.1) is 11.8 Å². The van der Waals surface area contributed by atoms with Gasteiger partial charge in [-0.25, -0.2) is 0 Å². The highest BCUT2D eigenvalue weighted by atomic mass is 32.2. The summed E-state index contributed by atoms with van der Waals surface area (Å²) in [5, 5.41) is 0. The zero-order valence-electron chi connectivity index (χ0n) is 11.3. The molecule has 1 saturated heterocycles. The Hall–Kier alpha value is -0.460. The Bertz CT molecular complexity index is 421. The molecule has 0 amide bonds. The highest BCUT2D eigenvalue weighted by Gasteiger charge is 2.43. The van der Waals surface area contributed by atoms with E-state index in [-0.39, 0.29) is 0 Å². The van der Waals surface area contributed by atoms with Crippen molar-refractivity contribution < 1.29 is 9.47 Å². The van der Waals surface area contributed by atoms with Crippen LogP contribution in [0.3, 0.4) is 0 Å². The van der Waals surface area contributed by atoms with E-state index < -0.39 is 5.72 Å². The fourth-order valence-electron chi connectivity index (χ4n) is 2.44. The summed E-state index contributed by atoms with van der Waals surface area (Å²) in [7, 11) is 1.73. The van der Waals surface area contributed by atoms with E-state index in [9.17, 15) is 0 Å². The average molecular weight is 297 g/mol. The fraction of sp³-hybridized carbons (Fsp3) is 0.500. The Morgan fingerprint density at radius 2 is 1.95 bits per heavy atom. The molecule has 0 N–H and O–H groups in total. The van der Waals surface area contributed by atoms with Gasteiger partial charge in [0, 0.05) is 25.8 Å². The first kappa shape index (κ1) is 14.9. The summed E-state index contributed by atoms with van der Waals surface area (Å²) in [5.74, 6) is 0. The minimum Gasteiger partial charge on any atom is -0.379 e. The molecule has 0 aliphatic carbocycles. The minimum atomic E-state index is -0.639. The van der Waals surface area contributed by atoms with Crippen molar-refractivity contribution in [2.75, 3.05) is 39.7 Å². The maximum absolute atomic E-state index is 5.92. The van der Waals surface area contributed by atoms with Crippen LogP contribution < -0.4 is 0 Å². The summed E-state index contributed by atoms with van der Waals surface area (Å²) < 4.78 is 12.2. The molecule has 1 aromatic carbocycles. The van der Waals surface area contributed by atoms with Gasteiger partial charge in [0.05, 0.1) is 17.4 Å². The Balaban J connectivity index is 2.44. The first-order valence-corrected chi connectivity index (χ1v) is 7.91. The largest absolute Gasteiger partial charge is 0.379 e. The number of hydrogen-bond donors (Lipinski definition) is 0. The van der Waals surface area contributed by atoms with E-state index in [1.54, 1.807) is 18.9 Å². The number of hydrogen-bond acceptors (Lipinski definition) is 5. The van der Waals surface area contributed by atoms with Crippen molar-refractivity contribution in [3.8, 4) is 0 Å². The van der Waals surface area contributed by atoms with Gasteiger partial charge in [-0.05, 0) is 6.26 Å². The van der Waals surface area contributed by atoms with Gasteiger partial charge in [0.25, 0.3) is 0 Å². The van der Waals surface area contributed by atoms with Crippen LogP contribution in [0.25, 0.3) is 0 Å². The SMILES string of the molecule is COC(C(=S)SC)(c1ccccc1)N1CCOCC1. The van der Waals surface area contributed by atoms with Crippen LogP contribution in [0.4, 0.5) is 0 Å². The lowest BCUT2D eigenvalue weighted by Crippen LogP contribution is -2.55. The molecule has 19 heavy (non-hydrogen) atoms. The Labute approximate surface area is 124 Å². The van der Waals surface area contributed by atoms with Gasteiger partial charge in [0.1, 0.15) is 0 Å². The molecule has 104 valence electrons. The van der Waals surface area contributed by atoms with Crippen LogP contribution in [-0.4, -0.2) is 48.8 Å². The third-order valence-corrected chi connectivity index (χ3v) is 4.80. The van der Waals surface area contributed by atoms with E-state index in [1.807, 2.05) is 24.5 Å². The Morgan fingerprint density at radius 1 is 1.32 bits per heavy atom. The second-order valence-corrected chi connectivity index (χ2v) is 5.79. The molecular weight excluding hydrogens is 278 g/mol. The van der Waals surface area contributed by atoms with Crippen molar-refractivity contribution >= 4 is 28.2 Å². The molecule has 3 nitrogen and oxygen atoms in total. The lowest BCUT2D eigenvalue weighted by Gasteiger charge is -2.44. The smallest absolute Gasteiger partial charge is 0.189 e. The zero-order valence-corrected chi connectivity index (χ0v) is 12.9. The quantitative estimate of drug-likeness (QED) is 0.794. The summed E-state index contributed by atoms with van der Waals surface area (Å²) in [6.07, 6.45) is 2.00. The van der Waals surface area contributed by atoms with Gasteiger partial charge in [0.2, 0.25) is 0 Å². The van der Waals surface area contributed by atoms with Crippen LogP contribution >= 0.6 is 24.0 Å². The van der Waals surface area contributed by atoms with E-state index in [0.29, 0.717) is 0 Å². The normalized spacial score (nSPS) is 19.9.